The zero-order chi connectivity index (χ0) is 30.5. The standard InChI is InChI=1S/C21H43O6P.C6H14N4O2/c1-2-3-4-5-6-7-8-9-10-11-12-13-14-15-16-17-18-26-19-21(22)20-27-28(23,24)25;7-4(5(11)12)2-1-3-10-6(8)9/h9-10,21-22H,2-8,11-20H2,1H3,(H2,23,24,25);4H,1-3,7H2,(H,11,12)(H4,8,9,10)/b10-9-;/t;4-/m.0/s1. The van der Waals surface area contributed by atoms with Crippen molar-refractivity contribution in [1.29, 1.82) is 0 Å². The molecule has 0 aliphatic rings. The Bertz CT molecular complexity index is 687. The van der Waals surface area contributed by atoms with Crippen molar-refractivity contribution in [3.8, 4) is 0 Å². The maximum Gasteiger partial charge on any atom is 0.469 e. The van der Waals surface area contributed by atoms with Crippen LogP contribution in [0.3, 0.4) is 0 Å². The number of ether oxygens (including phenoxy) is 1. The molecule has 0 radical (unpaired) electrons. The summed E-state index contributed by atoms with van der Waals surface area (Å²) in [5, 5.41) is 17.8. The molecule has 0 aromatic carbocycles. The van der Waals surface area contributed by atoms with Crippen LogP contribution in [0.25, 0.3) is 0 Å². The van der Waals surface area contributed by atoms with Crippen LogP contribution < -0.4 is 17.2 Å². The summed E-state index contributed by atoms with van der Waals surface area (Å²) in [5.41, 5.74) is 15.3. The Balaban J connectivity index is 0. The Hall–Kier alpha value is -1.53. The number of aliphatic hydroxyl groups excluding tert-OH is 1. The van der Waals surface area contributed by atoms with E-state index in [9.17, 15) is 14.5 Å². The van der Waals surface area contributed by atoms with Gasteiger partial charge in [-0.2, -0.15) is 0 Å². The quantitative estimate of drug-likeness (QED) is 0.0249. The van der Waals surface area contributed by atoms with E-state index < -0.39 is 32.5 Å². The molecule has 0 saturated carbocycles. The minimum Gasteiger partial charge on any atom is -0.480 e. The normalized spacial score (nSPS) is 13.0. The van der Waals surface area contributed by atoms with Gasteiger partial charge in [-0.3, -0.25) is 14.3 Å². The second kappa shape index (κ2) is 29.0. The number of rotatable bonds is 26. The second-order valence-corrected chi connectivity index (χ2v) is 11.1. The lowest BCUT2D eigenvalue weighted by Crippen LogP contribution is -2.30. The average molecular weight is 597 g/mol. The summed E-state index contributed by atoms with van der Waals surface area (Å²) in [6.45, 7) is 2.84. The number of aliphatic imine (C=N–C) groups is 1. The number of allylic oxidation sites excluding steroid dienone is 2. The number of carbonyl (C=O) groups is 1. The van der Waals surface area contributed by atoms with E-state index in [0.717, 1.165) is 12.8 Å². The molecule has 40 heavy (non-hydrogen) atoms. The largest absolute Gasteiger partial charge is 0.480 e. The highest BCUT2D eigenvalue weighted by Gasteiger charge is 2.16. The van der Waals surface area contributed by atoms with Gasteiger partial charge in [0.15, 0.2) is 5.96 Å². The van der Waals surface area contributed by atoms with Crippen molar-refractivity contribution < 1.29 is 38.6 Å². The van der Waals surface area contributed by atoms with E-state index in [1.54, 1.807) is 0 Å². The molecule has 10 N–H and O–H groups in total. The predicted octanol–water partition coefficient (Wildman–Crippen LogP) is 3.96. The fraction of sp³-hybridized carbons (Fsp3) is 0.852. The van der Waals surface area contributed by atoms with Crippen LogP contribution in [0.5, 0.6) is 0 Å². The predicted molar refractivity (Wildman–Crippen MR) is 160 cm³/mol. The number of hydrogen-bond acceptors (Lipinski definition) is 7. The Morgan fingerprint density at radius 3 is 1.90 bits per heavy atom. The smallest absolute Gasteiger partial charge is 0.469 e. The minimum absolute atomic E-state index is 0.0129. The number of guanidine groups is 1. The third-order valence-electron chi connectivity index (χ3n) is 5.83. The first-order chi connectivity index (χ1) is 19.0. The molecular formula is C27H57N4O8P. The molecule has 0 bridgehead atoms. The average Bonchev–Trinajstić information content (AvgIpc) is 2.89. The summed E-state index contributed by atoms with van der Waals surface area (Å²) < 4.78 is 20.0. The first kappa shape index (κ1) is 40.6. The van der Waals surface area contributed by atoms with Gasteiger partial charge in [0.1, 0.15) is 12.1 Å². The molecule has 12 nitrogen and oxygen atoms in total. The lowest BCUT2D eigenvalue weighted by molar-refractivity contribution is -0.138. The van der Waals surface area contributed by atoms with Gasteiger partial charge in [-0.15, -0.1) is 0 Å². The van der Waals surface area contributed by atoms with Gasteiger partial charge in [-0.25, -0.2) is 4.57 Å². The van der Waals surface area contributed by atoms with Gasteiger partial charge >= 0.3 is 13.8 Å². The third kappa shape index (κ3) is 36.5. The number of aliphatic hydroxyl groups is 1. The first-order valence-electron chi connectivity index (χ1n) is 14.6. The number of aliphatic carboxylic acids is 1. The van der Waals surface area contributed by atoms with Gasteiger partial charge in [0, 0.05) is 13.2 Å². The number of phosphoric ester groups is 1. The Morgan fingerprint density at radius 2 is 1.40 bits per heavy atom. The van der Waals surface area contributed by atoms with Gasteiger partial charge in [-0.05, 0) is 44.9 Å². The van der Waals surface area contributed by atoms with E-state index in [1.807, 2.05) is 0 Å². The fourth-order valence-electron chi connectivity index (χ4n) is 3.55. The molecule has 13 heteroatoms. The van der Waals surface area contributed by atoms with Crippen molar-refractivity contribution in [2.75, 3.05) is 26.4 Å². The number of unbranched alkanes of at least 4 members (excludes halogenated alkanes) is 12. The summed E-state index contributed by atoms with van der Waals surface area (Å²) in [6, 6.07) is -0.820. The molecule has 0 saturated heterocycles. The zero-order valence-electron chi connectivity index (χ0n) is 24.5. The first-order valence-corrected chi connectivity index (χ1v) is 16.2. The molecule has 0 aliphatic carbocycles. The summed E-state index contributed by atoms with van der Waals surface area (Å²) in [4.78, 5) is 31.0. The number of hydrogen-bond donors (Lipinski definition) is 7. The van der Waals surface area contributed by atoms with Crippen molar-refractivity contribution >= 4 is 19.8 Å². The molecule has 0 aromatic heterocycles. The number of carboxylic acid groups (broad SMARTS) is 1. The number of nitrogens with two attached hydrogens (primary N) is 3. The molecule has 0 amide bonds. The molecule has 0 rings (SSSR count). The van der Waals surface area contributed by atoms with E-state index >= 15 is 0 Å². The van der Waals surface area contributed by atoms with Crippen molar-refractivity contribution in [2.45, 2.75) is 122 Å². The van der Waals surface area contributed by atoms with Crippen molar-refractivity contribution in [3.05, 3.63) is 12.2 Å². The van der Waals surface area contributed by atoms with Gasteiger partial charge in [0.05, 0.1) is 13.2 Å². The fourth-order valence-corrected chi connectivity index (χ4v) is 3.91. The summed E-state index contributed by atoms with van der Waals surface area (Å²) in [7, 11) is -4.52. The molecule has 0 aromatic rings. The van der Waals surface area contributed by atoms with Crippen LogP contribution in [0.2, 0.25) is 0 Å². The second-order valence-electron chi connectivity index (χ2n) is 9.85. The van der Waals surface area contributed by atoms with Crippen LogP contribution in [-0.2, 0) is 18.6 Å². The zero-order valence-corrected chi connectivity index (χ0v) is 25.4. The van der Waals surface area contributed by atoms with Gasteiger partial charge in [0.25, 0.3) is 0 Å². The molecule has 0 aliphatic heterocycles. The number of phosphoric acid groups is 1. The minimum atomic E-state index is -4.52. The summed E-state index contributed by atoms with van der Waals surface area (Å²) >= 11 is 0. The summed E-state index contributed by atoms with van der Waals surface area (Å²) in [5.74, 6) is -0.987. The molecule has 238 valence electrons. The summed E-state index contributed by atoms with van der Waals surface area (Å²) in [6.07, 6.45) is 22.2. The molecule has 1 unspecified atom stereocenters. The van der Waals surface area contributed by atoms with Gasteiger partial charge < -0.3 is 41.9 Å². The van der Waals surface area contributed by atoms with Crippen LogP contribution in [0.1, 0.15) is 110 Å². The monoisotopic (exact) mass is 596 g/mol. The van der Waals surface area contributed by atoms with Gasteiger partial charge in [0.2, 0.25) is 0 Å². The van der Waals surface area contributed by atoms with E-state index in [2.05, 4.69) is 28.6 Å². The van der Waals surface area contributed by atoms with E-state index in [1.165, 1.54) is 77.0 Å². The lowest BCUT2D eigenvalue weighted by atomic mass is 10.1. The molecular weight excluding hydrogens is 539 g/mol. The maximum absolute atomic E-state index is 10.5. The number of nitrogens with zero attached hydrogens (tertiary/aromatic N) is 1. The van der Waals surface area contributed by atoms with Gasteiger partial charge in [-0.1, -0.05) is 76.9 Å². The SMILES string of the molecule is CCCCCCCC/C=C\CCCCCCCCOCC(O)COP(=O)(O)O.NC(N)=NCCC[C@H](N)C(=O)O. The Labute approximate surface area is 241 Å². The highest BCUT2D eigenvalue weighted by atomic mass is 31.2. The van der Waals surface area contributed by atoms with Crippen LogP contribution in [0.15, 0.2) is 17.1 Å². The Kier molecular flexibility index (Phi) is 29.4. The lowest BCUT2D eigenvalue weighted by Gasteiger charge is -2.12. The maximum atomic E-state index is 10.5. The molecule has 0 spiro atoms. The van der Waals surface area contributed by atoms with Crippen LogP contribution >= 0.6 is 7.82 Å². The van der Waals surface area contributed by atoms with Crippen molar-refractivity contribution in [2.24, 2.45) is 22.2 Å². The third-order valence-corrected chi connectivity index (χ3v) is 6.32. The highest BCUT2D eigenvalue weighted by Crippen LogP contribution is 2.35. The van der Waals surface area contributed by atoms with Crippen LogP contribution in [0, 0.1) is 0 Å². The van der Waals surface area contributed by atoms with E-state index in [-0.39, 0.29) is 12.6 Å². The molecule has 0 fully saturated rings. The van der Waals surface area contributed by atoms with Crippen LogP contribution in [0.4, 0.5) is 0 Å². The topological polar surface area (TPSA) is 224 Å². The Morgan fingerprint density at radius 1 is 0.875 bits per heavy atom. The number of carboxylic acids is 1. The highest BCUT2D eigenvalue weighted by molar-refractivity contribution is 7.46. The van der Waals surface area contributed by atoms with Crippen LogP contribution in [-0.4, -0.2) is 70.4 Å². The van der Waals surface area contributed by atoms with E-state index in [4.69, 9.17) is 36.8 Å². The van der Waals surface area contributed by atoms with E-state index in [0.29, 0.717) is 26.0 Å². The van der Waals surface area contributed by atoms with Crippen molar-refractivity contribution in [3.63, 3.8) is 0 Å². The molecule has 2 atom stereocenters. The molecule has 0 heterocycles. The van der Waals surface area contributed by atoms with Crippen molar-refractivity contribution in [1.82, 2.24) is 0 Å².